The van der Waals surface area contributed by atoms with Crippen molar-refractivity contribution in [1.29, 1.82) is 0 Å². The molecule has 2 aliphatic rings. The van der Waals surface area contributed by atoms with Crippen molar-refractivity contribution in [2.75, 3.05) is 13.2 Å². The van der Waals surface area contributed by atoms with E-state index in [9.17, 15) is 5.11 Å². The Bertz CT molecular complexity index is 723. The maximum absolute atomic E-state index is 10.5. The van der Waals surface area contributed by atoms with Gasteiger partial charge >= 0.3 is 0 Å². The Morgan fingerprint density at radius 1 is 0.481 bits per heavy atom. The summed E-state index contributed by atoms with van der Waals surface area (Å²) in [6.45, 7) is 6.27. The number of hydrogen-bond donors (Lipinski definition) is 1. The van der Waals surface area contributed by atoms with Gasteiger partial charge in [-0.05, 0) is 103 Å². The first-order valence-corrected chi connectivity index (χ1v) is 23.2. The monoisotopic (exact) mass is 733 g/mol. The Morgan fingerprint density at radius 3 is 1.27 bits per heavy atom. The lowest BCUT2D eigenvalue weighted by atomic mass is 10.0. The summed E-state index contributed by atoms with van der Waals surface area (Å²) in [7, 11) is 0. The van der Waals surface area contributed by atoms with E-state index in [0.717, 1.165) is 64.6 Å². The zero-order valence-electron chi connectivity index (χ0n) is 34.7. The van der Waals surface area contributed by atoms with Crippen LogP contribution in [-0.2, 0) is 18.9 Å². The van der Waals surface area contributed by atoms with Crippen molar-refractivity contribution in [3.8, 4) is 0 Å². The summed E-state index contributed by atoms with van der Waals surface area (Å²) in [5.74, 6) is 0. The summed E-state index contributed by atoms with van der Waals surface area (Å²) in [5, 5.41) is 10.5. The molecule has 0 spiro atoms. The molecular formula is C47H88O5. The van der Waals surface area contributed by atoms with Crippen LogP contribution in [0.1, 0.15) is 232 Å². The number of rotatable bonds is 36. The van der Waals surface area contributed by atoms with Crippen molar-refractivity contribution >= 4 is 0 Å². The molecule has 2 fully saturated rings. The normalized spacial score (nSPS) is 20.2. The zero-order valence-corrected chi connectivity index (χ0v) is 34.7. The average molecular weight is 733 g/mol. The molecule has 52 heavy (non-hydrogen) atoms. The largest absolute Gasteiger partial charge is 0.393 e. The summed E-state index contributed by atoms with van der Waals surface area (Å²) >= 11 is 0. The van der Waals surface area contributed by atoms with Gasteiger partial charge < -0.3 is 24.1 Å². The molecule has 0 amide bonds. The minimum atomic E-state index is -0.0940. The van der Waals surface area contributed by atoms with Gasteiger partial charge in [-0.1, -0.05) is 154 Å². The van der Waals surface area contributed by atoms with Gasteiger partial charge in [-0.15, -0.1) is 0 Å². The maximum atomic E-state index is 10.5. The van der Waals surface area contributed by atoms with E-state index in [2.05, 4.69) is 38.2 Å². The molecule has 2 unspecified atom stereocenters. The smallest absolute Gasteiger partial charge is 0.157 e. The third kappa shape index (κ3) is 28.7. The van der Waals surface area contributed by atoms with Crippen LogP contribution in [0.2, 0.25) is 0 Å². The summed E-state index contributed by atoms with van der Waals surface area (Å²) in [6, 6.07) is 0. The second kappa shape index (κ2) is 35.9. The van der Waals surface area contributed by atoms with Gasteiger partial charge in [0.1, 0.15) is 0 Å². The Labute approximate surface area is 323 Å². The lowest BCUT2D eigenvalue weighted by molar-refractivity contribution is -0.189. The van der Waals surface area contributed by atoms with Crippen molar-refractivity contribution in [3.05, 3.63) is 24.3 Å². The van der Waals surface area contributed by atoms with E-state index in [1.807, 2.05) is 0 Å². The fraction of sp³-hybridized carbons (Fsp3) is 0.915. The zero-order chi connectivity index (χ0) is 37.0. The van der Waals surface area contributed by atoms with Gasteiger partial charge in [0.2, 0.25) is 0 Å². The van der Waals surface area contributed by atoms with Crippen LogP contribution < -0.4 is 0 Å². The van der Waals surface area contributed by atoms with Gasteiger partial charge in [0, 0.05) is 13.2 Å². The van der Waals surface area contributed by atoms with E-state index < -0.39 is 0 Å². The number of aliphatic hydroxyl groups is 1. The van der Waals surface area contributed by atoms with E-state index in [-0.39, 0.29) is 18.7 Å². The molecule has 0 bridgehead atoms. The second-order valence-electron chi connectivity index (χ2n) is 16.3. The Morgan fingerprint density at radius 2 is 0.865 bits per heavy atom. The summed E-state index contributed by atoms with van der Waals surface area (Å²) < 4.78 is 24.4. The molecule has 0 aromatic heterocycles. The minimum Gasteiger partial charge on any atom is -0.393 e. The van der Waals surface area contributed by atoms with Gasteiger partial charge in [-0.25, -0.2) is 0 Å². The third-order valence-electron chi connectivity index (χ3n) is 11.2. The van der Waals surface area contributed by atoms with E-state index in [1.54, 1.807) is 0 Å². The molecule has 0 radical (unpaired) electrons. The minimum absolute atomic E-state index is 0.0235. The van der Waals surface area contributed by atoms with Crippen LogP contribution >= 0.6 is 0 Å². The van der Waals surface area contributed by atoms with Crippen LogP contribution in [0, 0.1) is 0 Å². The first-order valence-electron chi connectivity index (χ1n) is 23.2. The van der Waals surface area contributed by atoms with Gasteiger partial charge in [0.15, 0.2) is 12.6 Å². The molecule has 2 rings (SSSR count). The van der Waals surface area contributed by atoms with Crippen LogP contribution in [0.4, 0.5) is 0 Å². The highest BCUT2D eigenvalue weighted by Gasteiger charge is 2.20. The molecule has 0 saturated carbocycles. The lowest BCUT2D eigenvalue weighted by Crippen LogP contribution is -2.27. The highest BCUT2D eigenvalue weighted by atomic mass is 16.7. The molecule has 2 saturated heterocycles. The molecule has 2 aliphatic heterocycles. The first-order chi connectivity index (χ1) is 25.7. The predicted octanol–water partition coefficient (Wildman–Crippen LogP) is 14.2. The van der Waals surface area contributed by atoms with Gasteiger partial charge in [0.05, 0.1) is 18.3 Å². The highest BCUT2D eigenvalue weighted by Crippen LogP contribution is 2.22. The van der Waals surface area contributed by atoms with Crippen molar-refractivity contribution in [3.63, 3.8) is 0 Å². The van der Waals surface area contributed by atoms with Gasteiger partial charge in [0.25, 0.3) is 0 Å². The SMILES string of the molecule is CCCCCC[C@H](CC=CCCCCCCCCC(O)CCCCCCCCC=CC[C@@H](CCCCCC)OC1CCCCO1)OC1CCCCO1. The van der Waals surface area contributed by atoms with Crippen molar-refractivity contribution in [1.82, 2.24) is 0 Å². The van der Waals surface area contributed by atoms with Crippen LogP contribution in [0.5, 0.6) is 0 Å². The number of allylic oxidation sites excluding steroid dienone is 2. The van der Waals surface area contributed by atoms with Crippen molar-refractivity contribution in [2.45, 2.75) is 263 Å². The summed E-state index contributed by atoms with van der Waals surface area (Å²) in [6.07, 6.45) is 51.5. The van der Waals surface area contributed by atoms with E-state index in [4.69, 9.17) is 18.9 Å². The second-order valence-corrected chi connectivity index (χ2v) is 16.3. The topological polar surface area (TPSA) is 57.2 Å². The van der Waals surface area contributed by atoms with Crippen LogP contribution in [0.25, 0.3) is 0 Å². The fourth-order valence-corrected chi connectivity index (χ4v) is 7.72. The molecule has 0 aliphatic carbocycles. The molecule has 4 atom stereocenters. The Hall–Kier alpha value is -0.720. The number of hydrogen-bond acceptors (Lipinski definition) is 5. The highest BCUT2D eigenvalue weighted by molar-refractivity contribution is 4.86. The molecule has 0 aromatic rings. The van der Waals surface area contributed by atoms with Crippen LogP contribution in [-0.4, -0.2) is 49.2 Å². The van der Waals surface area contributed by atoms with Crippen molar-refractivity contribution in [2.24, 2.45) is 0 Å². The molecular weight excluding hydrogens is 645 g/mol. The van der Waals surface area contributed by atoms with Crippen molar-refractivity contribution < 1.29 is 24.1 Å². The number of aliphatic hydroxyl groups excluding tert-OH is 1. The number of ether oxygens (including phenoxy) is 4. The quantitative estimate of drug-likeness (QED) is 0.0513. The van der Waals surface area contributed by atoms with E-state index >= 15 is 0 Å². The fourth-order valence-electron chi connectivity index (χ4n) is 7.72. The first kappa shape index (κ1) is 47.4. The van der Waals surface area contributed by atoms with Gasteiger partial charge in [-0.3, -0.25) is 0 Å². The van der Waals surface area contributed by atoms with Gasteiger partial charge in [-0.2, -0.15) is 0 Å². The molecule has 306 valence electrons. The maximum Gasteiger partial charge on any atom is 0.157 e. The van der Waals surface area contributed by atoms with E-state index in [0.29, 0.717) is 12.2 Å². The molecule has 0 aromatic carbocycles. The van der Waals surface area contributed by atoms with Crippen LogP contribution in [0.15, 0.2) is 24.3 Å². The summed E-state index contributed by atoms with van der Waals surface area (Å²) in [5.41, 5.74) is 0. The Balaban J connectivity index is 1.37. The molecule has 2 heterocycles. The lowest BCUT2D eigenvalue weighted by Gasteiger charge is -2.27. The average Bonchev–Trinajstić information content (AvgIpc) is 3.16. The van der Waals surface area contributed by atoms with Crippen LogP contribution in [0.3, 0.4) is 0 Å². The van der Waals surface area contributed by atoms with E-state index in [1.165, 1.54) is 167 Å². The predicted molar refractivity (Wildman–Crippen MR) is 222 cm³/mol. The standard InChI is InChI=1S/C47H88O5/c1-3-5-7-25-35-44(51-46-39-29-31-41-49-46)37-27-21-17-13-9-11-15-19-23-33-43(48)34-24-20-16-12-10-14-18-22-28-38-45(36-26-8-6-4-2)52-47-40-30-32-42-50-47/h21-22,27-28,43-48H,3-20,23-26,29-42H2,1-2H3/t43?,44-,45-,46?,47?/m1/s1. The number of unbranched alkanes of at least 4 members (excludes halogenated alkanes) is 18. The summed E-state index contributed by atoms with van der Waals surface area (Å²) in [4.78, 5) is 0. The molecule has 5 nitrogen and oxygen atoms in total. The third-order valence-corrected chi connectivity index (χ3v) is 11.2. The molecule has 1 N–H and O–H groups in total. The molecule has 5 heteroatoms. The Kier molecular flexibility index (Phi) is 32.8.